The van der Waals surface area contributed by atoms with Crippen LogP contribution in [0.25, 0.3) is 15.7 Å². The number of hydrogen-bond acceptors (Lipinski definition) is 2. The number of rotatable bonds is 1. The van der Waals surface area contributed by atoms with Crippen LogP contribution in [0.5, 0.6) is 0 Å². The third kappa shape index (κ3) is 1.59. The third-order valence-electron chi connectivity index (χ3n) is 3.03. The molecule has 16 heavy (non-hydrogen) atoms. The first-order valence-corrected chi connectivity index (χ1v) is 6.42. The van der Waals surface area contributed by atoms with E-state index in [-0.39, 0.29) is 5.78 Å². The highest BCUT2D eigenvalue weighted by molar-refractivity contribution is 7.17. The minimum atomic E-state index is 0.273. The predicted molar refractivity (Wildman–Crippen MR) is 68.7 cm³/mol. The molecule has 0 saturated heterocycles. The van der Waals surface area contributed by atoms with E-state index in [9.17, 15) is 4.79 Å². The SMILES string of the molecule is O=C1C=C(c2cccc3ccsc23)CCC1. The molecule has 0 bridgehead atoms. The molecule has 0 fully saturated rings. The molecular formula is C14H12OS. The molecule has 1 aromatic heterocycles. The number of fused-ring (bicyclic) bond motifs is 1. The van der Waals surface area contributed by atoms with Gasteiger partial charge in [-0.3, -0.25) is 4.79 Å². The molecular weight excluding hydrogens is 216 g/mol. The van der Waals surface area contributed by atoms with Crippen LogP contribution in [-0.2, 0) is 4.79 Å². The van der Waals surface area contributed by atoms with E-state index in [1.807, 2.05) is 6.08 Å². The second kappa shape index (κ2) is 3.87. The Hall–Kier alpha value is -1.41. The highest BCUT2D eigenvalue weighted by Gasteiger charge is 2.13. The van der Waals surface area contributed by atoms with Crippen LogP contribution in [0.1, 0.15) is 24.8 Å². The van der Waals surface area contributed by atoms with Crippen molar-refractivity contribution in [2.75, 3.05) is 0 Å². The number of benzene rings is 1. The van der Waals surface area contributed by atoms with Gasteiger partial charge in [0.2, 0.25) is 0 Å². The molecule has 3 rings (SSSR count). The average molecular weight is 228 g/mol. The molecule has 1 aliphatic rings. The van der Waals surface area contributed by atoms with Crippen LogP contribution in [0, 0.1) is 0 Å². The van der Waals surface area contributed by atoms with E-state index in [4.69, 9.17) is 0 Å². The van der Waals surface area contributed by atoms with Crippen LogP contribution in [0.3, 0.4) is 0 Å². The summed E-state index contributed by atoms with van der Waals surface area (Å²) in [4.78, 5) is 11.4. The Balaban J connectivity index is 2.18. The van der Waals surface area contributed by atoms with E-state index in [0.29, 0.717) is 6.42 Å². The molecule has 0 spiro atoms. The lowest BCUT2D eigenvalue weighted by molar-refractivity contribution is -0.114. The summed E-state index contributed by atoms with van der Waals surface area (Å²) in [6, 6.07) is 8.46. The van der Waals surface area contributed by atoms with Crippen molar-refractivity contribution in [2.24, 2.45) is 0 Å². The molecule has 1 aromatic carbocycles. The largest absolute Gasteiger partial charge is 0.295 e. The van der Waals surface area contributed by atoms with Gasteiger partial charge < -0.3 is 0 Å². The smallest absolute Gasteiger partial charge is 0.155 e. The fourth-order valence-corrected chi connectivity index (χ4v) is 3.20. The summed E-state index contributed by atoms with van der Waals surface area (Å²) < 4.78 is 1.31. The van der Waals surface area contributed by atoms with E-state index < -0.39 is 0 Å². The van der Waals surface area contributed by atoms with Gasteiger partial charge in [-0.15, -0.1) is 11.3 Å². The Kier molecular flexibility index (Phi) is 2.37. The first-order valence-electron chi connectivity index (χ1n) is 5.54. The van der Waals surface area contributed by atoms with Crippen LogP contribution in [0.15, 0.2) is 35.7 Å². The zero-order valence-corrected chi connectivity index (χ0v) is 9.72. The van der Waals surface area contributed by atoms with Crippen LogP contribution < -0.4 is 0 Å². The number of allylic oxidation sites excluding steroid dienone is 2. The van der Waals surface area contributed by atoms with Crippen molar-refractivity contribution >= 4 is 32.8 Å². The molecule has 0 atom stereocenters. The zero-order chi connectivity index (χ0) is 11.0. The van der Waals surface area contributed by atoms with Crippen molar-refractivity contribution < 1.29 is 4.79 Å². The summed E-state index contributed by atoms with van der Waals surface area (Å²) in [6.45, 7) is 0. The van der Waals surface area contributed by atoms with Gasteiger partial charge in [0.1, 0.15) is 0 Å². The molecule has 0 amide bonds. The van der Waals surface area contributed by atoms with E-state index in [2.05, 4.69) is 29.6 Å². The quantitative estimate of drug-likeness (QED) is 0.720. The van der Waals surface area contributed by atoms with Crippen molar-refractivity contribution in [2.45, 2.75) is 19.3 Å². The van der Waals surface area contributed by atoms with E-state index >= 15 is 0 Å². The first kappa shape index (κ1) is 9.79. The van der Waals surface area contributed by atoms with Crippen LogP contribution in [0.4, 0.5) is 0 Å². The lowest BCUT2D eigenvalue weighted by Crippen LogP contribution is -2.01. The summed E-state index contributed by atoms with van der Waals surface area (Å²) in [6.07, 6.45) is 4.57. The maximum Gasteiger partial charge on any atom is 0.155 e. The fraction of sp³-hybridized carbons (Fsp3) is 0.214. The molecule has 1 aliphatic carbocycles. The van der Waals surface area contributed by atoms with Crippen molar-refractivity contribution in [1.82, 2.24) is 0 Å². The number of hydrogen-bond donors (Lipinski definition) is 0. The summed E-state index contributed by atoms with van der Waals surface area (Å²) in [5, 5.41) is 3.39. The van der Waals surface area contributed by atoms with Gasteiger partial charge in [0.25, 0.3) is 0 Å². The molecule has 0 N–H and O–H groups in total. The first-order chi connectivity index (χ1) is 7.84. The Bertz CT molecular complexity index is 577. The molecule has 2 aromatic rings. The summed E-state index contributed by atoms with van der Waals surface area (Å²) in [5.41, 5.74) is 2.46. The van der Waals surface area contributed by atoms with Crippen LogP contribution in [0.2, 0.25) is 0 Å². The lowest BCUT2D eigenvalue weighted by Gasteiger charge is -2.12. The van der Waals surface area contributed by atoms with Gasteiger partial charge in [0.05, 0.1) is 0 Å². The normalized spacial score (nSPS) is 16.5. The second-order valence-electron chi connectivity index (χ2n) is 4.13. The Morgan fingerprint density at radius 3 is 2.94 bits per heavy atom. The van der Waals surface area contributed by atoms with Gasteiger partial charge in [-0.1, -0.05) is 18.2 Å². The maximum absolute atomic E-state index is 11.4. The van der Waals surface area contributed by atoms with E-state index in [1.165, 1.54) is 21.2 Å². The molecule has 0 unspecified atom stereocenters. The molecule has 80 valence electrons. The monoisotopic (exact) mass is 228 g/mol. The van der Waals surface area contributed by atoms with Crippen molar-refractivity contribution in [3.05, 3.63) is 41.3 Å². The Morgan fingerprint density at radius 2 is 2.06 bits per heavy atom. The standard InChI is InChI=1S/C14H12OS/c15-12-5-1-4-11(9-12)13-6-2-3-10-7-8-16-14(10)13/h2-3,6-9H,1,4-5H2. The highest BCUT2D eigenvalue weighted by Crippen LogP contribution is 2.33. The van der Waals surface area contributed by atoms with Gasteiger partial charge in [0, 0.05) is 11.1 Å². The number of thiophene rings is 1. The van der Waals surface area contributed by atoms with Crippen LogP contribution in [-0.4, -0.2) is 5.78 Å². The molecule has 1 nitrogen and oxygen atoms in total. The molecule has 0 aliphatic heterocycles. The van der Waals surface area contributed by atoms with E-state index in [0.717, 1.165) is 12.8 Å². The molecule has 0 radical (unpaired) electrons. The maximum atomic E-state index is 11.4. The highest BCUT2D eigenvalue weighted by atomic mass is 32.1. The summed E-state index contributed by atoms with van der Waals surface area (Å²) in [7, 11) is 0. The van der Waals surface area contributed by atoms with Gasteiger partial charge in [-0.25, -0.2) is 0 Å². The molecule has 1 heterocycles. The number of ketones is 1. The molecule has 2 heteroatoms. The number of carbonyl (C=O) groups is 1. The predicted octanol–water partition coefficient (Wildman–Crippen LogP) is 4.04. The average Bonchev–Trinajstić information content (AvgIpc) is 2.76. The topological polar surface area (TPSA) is 17.1 Å². The minimum absolute atomic E-state index is 0.273. The zero-order valence-electron chi connectivity index (χ0n) is 8.90. The van der Waals surface area contributed by atoms with Gasteiger partial charge >= 0.3 is 0 Å². The third-order valence-corrected chi connectivity index (χ3v) is 3.99. The minimum Gasteiger partial charge on any atom is -0.295 e. The van der Waals surface area contributed by atoms with Crippen molar-refractivity contribution in [3.63, 3.8) is 0 Å². The Labute approximate surface area is 98.4 Å². The van der Waals surface area contributed by atoms with Gasteiger partial charge in [-0.05, 0) is 46.9 Å². The number of carbonyl (C=O) groups excluding carboxylic acids is 1. The second-order valence-corrected chi connectivity index (χ2v) is 5.05. The summed E-state index contributed by atoms with van der Waals surface area (Å²) >= 11 is 1.76. The Morgan fingerprint density at radius 1 is 1.12 bits per heavy atom. The van der Waals surface area contributed by atoms with Gasteiger partial charge in [0.15, 0.2) is 5.78 Å². The van der Waals surface area contributed by atoms with Gasteiger partial charge in [-0.2, -0.15) is 0 Å². The lowest BCUT2D eigenvalue weighted by atomic mass is 9.92. The van der Waals surface area contributed by atoms with Crippen molar-refractivity contribution in [1.29, 1.82) is 0 Å². The van der Waals surface area contributed by atoms with E-state index in [1.54, 1.807) is 11.3 Å². The van der Waals surface area contributed by atoms with Crippen molar-refractivity contribution in [3.8, 4) is 0 Å². The van der Waals surface area contributed by atoms with Crippen LogP contribution >= 0.6 is 11.3 Å². The molecule has 0 saturated carbocycles. The fourth-order valence-electron chi connectivity index (χ4n) is 2.25. The summed E-state index contributed by atoms with van der Waals surface area (Å²) in [5.74, 6) is 0.273.